The quantitative estimate of drug-likeness (QED) is 0.778. The van der Waals surface area contributed by atoms with Gasteiger partial charge in [-0.25, -0.2) is 18.4 Å². The summed E-state index contributed by atoms with van der Waals surface area (Å²) in [5.74, 6) is 2.30. The Hall–Kier alpha value is -2.55. The number of nitrogens with zero attached hydrogens (tertiary/aromatic N) is 3. The Labute approximate surface area is 151 Å². The Balaban J connectivity index is 1.76. The first-order valence-corrected chi connectivity index (χ1v) is 10.2. The Morgan fingerprint density at radius 3 is 2.73 bits per heavy atom. The van der Waals surface area contributed by atoms with Crippen molar-refractivity contribution in [1.82, 2.24) is 9.97 Å². The number of phenolic OH excluding ortho intramolecular Hbond substituents is 1. The monoisotopic (exact) mass is 376 g/mol. The molecule has 2 N–H and O–H groups in total. The van der Waals surface area contributed by atoms with Crippen molar-refractivity contribution in [3.8, 4) is 11.5 Å². The molecule has 4 rings (SSSR count). The van der Waals surface area contributed by atoms with E-state index in [0.717, 1.165) is 11.1 Å². The van der Waals surface area contributed by atoms with Crippen LogP contribution in [0.1, 0.15) is 24.2 Å². The Bertz CT molecular complexity index is 963. The number of hydrogen-bond acceptors (Lipinski definition) is 8. The molecule has 1 fully saturated rings. The molecule has 1 aromatic heterocycles. The van der Waals surface area contributed by atoms with Gasteiger partial charge in [-0.05, 0) is 25.5 Å². The van der Waals surface area contributed by atoms with Gasteiger partial charge in [0.1, 0.15) is 35.6 Å². The van der Waals surface area contributed by atoms with Crippen molar-refractivity contribution in [2.45, 2.75) is 20.0 Å². The number of sulfone groups is 1. The van der Waals surface area contributed by atoms with Gasteiger partial charge in [-0.15, -0.1) is 0 Å². The molecule has 3 heterocycles. The van der Waals surface area contributed by atoms with Crippen LogP contribution in [-0.2, 0) is 9.84 Å². The second kappa shape index (κ2) is 6.01. The molecule has 1 aromatic carbocycles. The van der Waals surface area contributed by atoms with Crippen LogP contribution in [0.4, 0.5) is 17.3 Å². The molecular weight excluding hydrogens is 356 g/mol. The summed E-state index contributed by atoms with van der Waals surface area (Å²) >= 11 is 0. The zero-order chi connectivity index (χ0) is 18.5. The first-order chi connectivity index (χ1) is 12.3. The number of aryl methyl sites for hydroxylation is 1. The topological polar surface area (TPSA) is 105 Å². The third kappa shape index (κ3) is 2.92. The molecule has 2 aliphatic heterocycles. The van der Waals surface area contributed by atoms with E-state index in [1.807, 2.05) is 18.7 Å². The Morgan fingerprint density at radius 1 is 1.27 bits per heavy atom. The number of rotatable bonds is 1. The van der Waals surface area contributed by atoms with Gasteiger partial charge in [-0.3, -0.25) is 0 Å². The minimum Gasteiger partial charge on any atom is -0.508 e. The number of ether oxygens (including phenoxy) is 1. The van der Waals surface area contributed by atoms with E-state index in [9.17, 15) is 13.5 Å². The fourth-order valence-electron chi connectivity index (χ4n) is 3.40. The number of aromatic hydroxyl groups is 1. The molecule has 0 saturated carbocycles. The van der Waals surface area contributed by atoms with Gasteiger partial charge in [0.15, 0.2) is 9.84 Å². The molecule has 2 aliphatic rings. The molecule has 0 spiro atoms. The summed E-state index contributed by atoms with van der Waals surface area (Å²) in [4.78, 5) is 10.7. The maximum Gasteiger partial charge on any atom is 0.153 e. The summed E-state index contributed by atoms with van der Waals surface area (Å²) in [7, 11) is -2.98. The lowest BCUT2D eigenvalue weighted by Gasteiger charge is -2.30. The van der Waals surface area contributed by atoms with Crippen LogP contribution in [0, 0.1) is 6.92 Å². The van der Waals surface area contributed by atoms with Gasteiger partial charge in [-0.1, -0.05) is 0 Å². The van der Waals surface area contributed by atoms with Crippen molar-refractivity contribution >= 4 is 27.2 Å². The molecular formula is C17H20N4O4S. The van der Waals surface area contributed by atoms with Gasteiger partial charge in [0.25, 0.3) is 0 Å². The molecule has 0 amide bonds. The smallest absolute Gasteiger partial charge is 0.153 e. The van der Waals surface area contributed by atoms with Crippen LogP contribution in [0.5, 0.6) is 11.5 Å². The van der Waals surface area contributed by atoms with E-state index in [1.165, 1.54) is 6.33 Å². The molecule has 26 heavy (non-hydrogen) atoms. The van der Waals surface area contributed by atoms with Gasteiger partial charge < -0.3 is 20.1 Å². The molecule has 1 saturated heterocycles. The molecule has 138 valence electrons. The van der Waals surface area contributed by atoms with Crippen molar-refractivity contribution in [1.29, 1.82) is 0 Å². The van der Waals surface area contributed by atoms with Gasteiger partial charge in [0.2, 0.25) is 0 Å². The molecule has 0 radical (unpaired) electrons. The summed E-state index contributed by atoms with van der Waals surface area (Å²) in [6.45, 7) is 4.57. The predicted octanol–water partition coefficient (Wildman–Crippen LogP) is 1.92. The Morgan fingerprint density at radius 2 is 2.00 bits per heavy atom. The van der Waals surface area contributed by atoms with Gasteiger partial charge in [0.05, 0.1) is 22.8 Å². The van der Waals surface area contributed by atoms with Crippen molar-refractivity contribution in [2.75, 3.05) is 34.8 Å². The summed E-state index contributed by atoms with van der Waals surface area (Å²) < 4.78 is 29.6. The molecule has 2 aromatic rings. The number of phenols is 1. The predicted molar refractivity (Wildman–Crippen MR) is 98.1 cm³/mol. The fourth-order valence-corrected chi connectivity index (χ4v) is 4.61. The average Bonchev–Trinajstić information content (AvgIpc) is 2.71. The van der Waals surface area contributed by atoms with E-state index in [0.29, 0.717) is 36.2 Å². The number of hydrogen-bond donors (Lipinski definition) is 2. The SMILES string of the molecule is Cc1cc(O)cc2c1O[C@H](C)c1c(ncnc1N1CCS(=O)(=O)CC1)N2. The molecule has 1 atom stereocenters. The second-order valence-electron chi connectivity index (χ2n) is 6.62. The van der Waals surface area contributed by atoms with Crippen LogP contribution >= 0.6 is 0 Å². The maximum absolute atomic E-state index is 11.7. The molecule has 8 nitrogen and oxygen atoms in total. The van der Waals surface area contributed by atoms with Crippen LogP contribution in [-0.4, -0.2) is 48.1 Å². The van der Waals surface area contributed by atoms with Crippen molar-refractivity contribution in [3.63, 3.8) is 0 Å². The van der Waals surface area contributed by atoms with Crippen LogP contribution in [0.3, 0.4) is 0 Å². The highest BCUT2D eigenvalue weighted by atomic mass is 32.2. The lowest BCUT2D eigenvalue weighted by atomic mass is 10.1. The largest absolute Gasteiger partial charge is 0.508 e. The fraction of sp³-hybridized carbons (Fsp3) is 0.412. The maximum atomic E-state index is 11.7. The van der Waals surface area contributed by atoms with Gasteiger partial charge >= 0.3 is 0 Å². The zero-order valence-corrected chi connectivity index (χ0v) is 15.4. The van der Waals surface area contributed by atoms with E-state index in [2.05, 4.69) is 15.3 Å². The normalized spacial score (nSPS) is 21.0. The average molecular weight is 376 g/mol. The molecule has 9 heteroatoms. The minimum atomic E-state index is -2.98. The van der Waals surface area contributed by atoms with Gasteiger partial charge in [0, 0.05) is 19.2 Å². The van der Waals surface area contributed by atoms with E-state index in [-0.39, 0.29) is 23.4 Å². The summed E-state index contributed by atoms with van der Waals surface area (Å²) in [5.41, 5.74) is 2.23. The first-order valence-electron chi connectivity index (χ1n) is 8.41. The van der Waals surface area contributed by atoms with Crippen LogP contribution in [0.2, 0.25) is 0 Å². The number of aromatic nitrogens is 2. The third-order valence-corrected chi connectivity index (χ3v) is 6.33. The minimum absolute atomic E-state index is 0.113. The number of nitrogens with one attached hydrogen (secondary N) is 1. The van der Waals surface area contributed by atoms with Gasteiger partial charge in [-0.2, -0.15) is 0 Å². The van der Waals surface area contributed by atoms with Crippen molar-refractivity contribution in [2.24, 2.45) is 0 Å². The molecule has 0 bridgehead atoms. The van der Waals surface area contributed by atoms with Crippen LogP contribution in [0.15, 0.2) is 18.5 Å². The summed E-state index contributed by atoms with van der Waals surface area (Å²) in [5, 5.41) is 13.1. The number of benzene rings is 1. The van der Waals surface area contributed by atoms with E-state index >= 15 is 0 Å². The summed E-state index contributed by atoms with van der Waals surface area (Å²) in [6, 6.07) is 3.24. The lowest BCUT2D eigenvalue weighted by Crippen LogP contribution is -2.41. The molecule has 0 unspecified atom stereocenters. The number of anilines is 3. The van der Waals surface area contributed by atoms with E-state index in [4.69, 9.17) is 4.74 Å². The zero-order valence-electron chi connectivity index (χ0n) is 14.6. The van der Waals surface area contributed by atoms with Crippen molar-refractivity contribution in [3.05, 3.63) is 29.6 Å². The Kier molecular flexibility index (Phi) is 3.91. The second-order valence-corrected chi connectivity index (χ2v) is 8.93. The van der Waals surface area contributed by atoms with E-state index in [1.54, 1.807) is 12.1 Å². The van der Waals surface area contributed by atoms with Crippen LogP contribution in [0.25, 0.3) is 0 Å². The highest BCUT2D eigenvalue weighted by Crippen LogP contribution is 2.44. The lowest BCUT2D eigenvalue weighted by molar-refractivity contribution is 0.228. The van der Waals surface area contributed by atoms with Crippen molar-refractivity contribution < 1.29 is 18.3 Å². The number of fused-ring (bicyclic) bond motifs is 2. The standard InChI is InChI=1S/C17H20N4O4S/c1-10-7-12(22)8-13-15(10)25-11(2)14-16(20-13)18-9-19-17(14)21-3-5-26(23,24)6-4-21/h7-9,11,22H,3-6H2,1-2H3,(H,18,19,20)/t11-/m1/s1. The first kappa shape index (κ1) is 16.9. The highest BCUT2D eigenvalue weighted by Gasteiger charge is 2.30. The molecule has 0 aliphatic carbocycles. The highest BCUT2D eigenvalue weighted by molar-refractivity contribution is 7.91. The third-order valence-electron chi connectivity index (χ3n) is 4.72. The van der Waals surface area contributed by atoms with Crippen LogP contribution < -0.4 is 15.0 Å². The van der Waals surface area contributed by atoms with E-state index < -0.39 is 9.84 Å². The summed E-state index contributed by atoms with van der Waals surface area (Å²) in [6.07, 6.45) is 1.12.